The van der Waals surface area contributed by atoms with Crippen molar-refractivity contribution in [3.63, 3.8) is 0 Å². The number of terminal acetylenes is 1. The lowest BCUT2D eigenvalue weighted by Gasteiger charge is -2.27. The molecule has 3 aromatic rings. The number of carbonyl (C=O) groups is 2. The highest BCUT2D eigenvalue weighted by atomic mass is 16.6. The Kier molecular flexibility index (Phi) is 14.2. The molecule has 3 N–H and O–H groups in total. The zero-order valence-electron chi connectivity index (χ0n) is 28.5. The van der Waals surface area contributed by atoms with Crippen LogP contribution in [0.4, 0.5) is 5.82 Å². The Hall–Kier alpha value is -4.01. The number of hydrogen-bond acceptors (Lipinski definition) is 10. The normalized spacial score (nSPS) is 19.0. The number of fused-ring (bicyclic) bond motifs is 1. The number of hydrogen-bond donors (Lipinski definition) is 2. The van der Waals surface area contributed by atoms with Crippen molar-refractivity contribution in [3.8, 4) is 12.3 Å². The number of esters is 2. The van der Waals surface area contributed by atoms with Gasteiger partial charge in [0.2, 0.25) is 0 Å². The predicted molar refractivity (Wildman–Crippen MR) is 184 cm³/mol. The lowest BCUT2D eigenvalue weighted by atomic mass is 9.98. The van der Waals surface area contributed by atoms with E-state index in [1.807, 2.05) is 0 Å². The Balaban J connectivity index is 1.24. The summed E-state index contributed by atoms with van der Waals surface area (Å²) in [6, 6.07) is 6.79. The monoisotopic (exact) mass is 661 g/mol. The maximum Gasteiger partial charge on any atom is 0.338 e. The SMILES string of the molecule is C#C[C@]1(CO)O[C@@H](n2cnc3c(N)nc(C)nc32)C[C@@H]1OC(=O)c1ccccc1COC(=O)CCCCCCCCCCCCCCC. The average Bonchev–Trinajstić information content (AvgIpc) is 3.67. The molecule has 0 spiro atoms. The van der Waals surface area contributed by atoms with Gasteiger partial charge in [0.1, 0.15) is 30.3 Å². The van der Waals surface area contributed by atoms with Crippen LogP contribution in [0.15, 0.2) is 30.6 Å². The van der Waals surface area contributed by atoms with Crippen LogP contribution in [0.1, 0.15) is 131 Å². The van der Waals surface area contributed by atoms with E-state index in [-0.39, 0.29) is 30.4 Å². The summed E-state index contributed by atoms with van der Waals surface area (Å²) < 4.78 is 19.2. The molecule has 3 atom stereocenters. The number of carbonyl (C=O) groups excluding carboxylic acids is 2. The highest BCUT2D eigenvalue weighted by Crippen LogP contribution is 2.40. The van der Waals surface area contributed by atoms with Crippen LogP contribution in [0.3, 0.4) is 0 Å². The molecular weight excluding hydrogens is 610 g/mol. The third kappa shape index (κ3) is 9.77. The van der Waals surface area contributed by atoms with Crippen LogP contribution in [0.25, 0.3) is 11.2 Å². The predicted octanol–water partition coefficient (Wildman–Crippen LogP) is 6.75. The number of rotatable bonds is 20. The Morgan fingerprint density at radius 2 is 1.69 bits per heavy atom. The van der Waals surface area contributed by atoms with E-state index in [4.69, 9.17) is 26.4 Å². The summed E-state index contributed by atoms with van der Waals surface area (Å²) in [5.74, 6) is 2.21. The summed E-state index contributed by atoms with van der Waals surface area (Å²) in [4.78, 5) is 38.8. The van der Waals surface area contributed by atoms with Gasteiger partial charge in [-0.05, 0) is 19.4 Å². The van der Waals surface area contributed by atoms with E-state index in [0.717, 1.165) is 19.3 Å². The summed E-state index contributed by atoms with van der Waals surface area (Å²) in [7, 11) is 0. The first-order valence-electron chi connectivity index (χ1n) is 17.5. The molecular formula is C37H51N5O6. The number of benzene rings is 1. The van der Waals surface area contributed by atoms with Crippen molar-refractivity contribution in [1.29, 1.82) is 0 Å². The molecule has 11 heteroatoms. The molecule has 3 heterocycles. The Morgan fingerprint density at radius 3 is 2.33 bits per heavy atom. The number of aliphatic hydroxyl groups excluding tert-OH is 1. The van der Waals surface area contributed by atoms with Crippen molar-refractivity contribution < 1.29 is 28.9 Å². The number of aryl methyl sites for hydroxylation is 1. The Labute approximate surface area is 284 Å². The average molecular weight is 662 g/mol. The highest BCUT2D eigenvalue weighted by molar-refractivity contribution is 5.91. The van der Waals surface area contributed by atoms with E-state index in [1.54, 1.807) is 35.8 Å². The summed E-state index contributed by atoms with van der Waals surface area (Å²) >= 11 is 0. The van der Waals surface area contributed by atoms with E-state index in [2.05, 4.69) is 27.8 Å². The van der Waals surface area contributed by atoms with Gasteiger partial charge in [0.05, 0.1) is 18.5 Å². The van der Waals surface area contributed by atoms with Gasteiger partial charge < -0.3 is 25.1 Å². The molecule has 0 unspecified atom stereocenters. The molecule has 0 bridgehead atoms. The summed E-state index contributed by atoms with van der Waals surface area (Å²) in [6.45, 7) is 3.31. The number of unbranched alkanes of at least 4 members (excludes halogenated alkanes) is 12. The molecule has 260 valence electrons. The van der Waals surface area contributed by atoms with E-state index < -0.39 is 30.5 Å². The van der Waals surface area contributed by atoms with Gasteiger partial charge in [0, 0.05) is 18.4 Å². The fourth-order valence-electron chi connectivity index (χ4n) is 6.18. The van der Waals surface area contributed by atoms with E-state index >= 15 is 0 Å². The van der Waals surface area contributed by atoms with Gasteiger partial charge in [-0.2, -0.15) is 0 Å². The lowest BCUT2D eigenvalue weighted by Crippen LogP contribution is -2.44. The second kappa shape index (κ2) is 18.5. The fourth-order valence-corrected chi connectivity index (χ4v) is 6.18. The number of aromatic nitrogens is 4. The number of anilines is 1. The van der Waals surface area contributed by atoms with Gasteiger partial charge in [0.25, 0.3) is 0 Å². The van der Waals surface area contributed by atoms with Crippen molar-refractivity contribution >= 4 is 28.9 Å². The van der Waals surface area contributed by atoms with Gasteiger partial charge in [0.15, 0.2) is 17.1 Å². The number of nitrogens with two attached hydrogens (primary N) is 1. The number of imidazole rings is 1. The maximum atomic E-state index is 13.5. The molecule has 11 nitrogen and oxygen atoms in total. The smallest absolute Gasteiger partial charge is 0.338 e. The van der Waals surface area contributed by atoms with Gasteiger partial charge in [-0.1, -0.05) is 108 Å². The third-order valence-electron chi connectivity index (χ3n) is 8.99. The lowest BCUT2D eigenvalue weighted by molar-refractivity contribution is -0.145. The molecule has 1 fully saturated rings. The molecule has 1 saturated heterocycles. The van der Waals surface area contributed by atoms with Gasteiger partial charge in [-0.25, -0.2) is 19.7 Å². The molecule has 0 radical (unpaired) electrons. The summed E-state index contributed by atoms with van der Waals surface area (Å²) in [6.07, 6.45) is 22.1. The van der Waals surface area contributed by atoms with Gasteiger partial charge >= 0.3 is 11.9 Å². The van der Waals surface area contributed by atoms with Crippen LogP contribution in [0.5, 0.6) is 0 Å². The number of nitrogen functional groups attached to an aromatic ring is 1. The molecule has 1 aliphatic heterocycles. The van der Waals surface area contributed by atoms with Crippen LogP contribution >= 0.6 is 0 Å². The Bertz CT molecular complexity index is 1530. The molecule has 0 saturated carbocycles. The fraction of sp³-hybridized carbons (Fsp3) is 0.595. The minimum atomic E-state index is -1.60. The first-order chi connectivity index (χ1) is 23.3. The van der Waals surface area contributed by atoms with Crippen molar-refractivity contribution in [2.75, 3.05) is 12.3 Å². The molecule has 1 aliphatic rings. The molecule has 0 aliphatic carbocycles. The number of nitrogens with zero attached hydrogens (tertiary/aromatic N) is 4. The number of aliphatic hydroxyl groups is 1. The van der Waals surface area contributed by atoms with E-state index in [1.165, 1.54) is 70.5 Å². The van der Waals surface area contributed by atoms with Crippen molar-refractivity contribution in [2.45, 2.75) is 135 Å². The largest absolute Gasteiger partial charge is 0.461 e. The zero-order chi connectivity index (χ0) is 34.4. The van der Waals surface area contributed by atoms with Crippen molar-refractivity contribution in [1.82, 2.24) is 19.5 Å². The summed E-state index contributed by atoms with van der Waals surface area (Å²) in [5, 5.41) is 10.3. The first kappa shape index (κ1) is 36.8. The van der Waals surface area contributed by atoms with Crippen LogP contribution < -0.4 is 5.73 Å². The minimum absolute atomic E-state index is 0.0614. The standard InChI is InChI=1S/C37H51N5O6/c1-4-6-7-8-9-10-11-12-13-14-15-16-17-22-32(44)46-24-28-20-18-19-21-29(28)36(45)47-30-23-31(48-37(30,5-2)25-43)42-26-39-33-34(38)40-27(3)41-35(33)42/h2,18-21,26,30-31,43H,4,6-17,22-25H2,1,3H3,(H2,38,40,41)/t30-,31+,37+/m0/s1. The number of ether oxygens (including phenoxy) is 3. The third-order valence-corrected chi connectivity index (χ3v) is 8.99. The quantitative estimate of drug-likeness (QED) is 0.0756. The van der Waals surface area contributed by atoms with Gasteiger partial charge in [-0.3, -0.25) is 9.36 Å². The van der Waals surface area contributed by atoms with Crippen molar-refractivity contribution in [2.24, 2.45) is 0 Å². The topological polar surface area (TPSA) is 152 Å². The zero-order valence-corrected chi connectivity index (χ0v) is 28.5. The minimum Gasteiger partial charge on any atom is -0.461 e. The molecule has 48 heavy (non-hydrogen) atoms. The summed E-state index contributed by atoms with van der Waals surface area (Å²) in [5.41, 5.74) is 6.01. The molecule has 1 aromatic carbocycles. The highest BCUT2D eigenvalue weighted by Gasteiger charge is 2.51. The second-order valence-corrected chi connectivity index (χ2v) is 12.7. The van der Waals surface area contributed by atoms with Crippen molar-refractivity contribution in [3.05, 3.63) is 47.5 Å². The van der Waals surface area contributed by atoms with Crippen LogP contribution in [-0.2, 0) is 25.6 Å². The van der Waals surface area contributed by atoms with E-state index in [9.17, 15) is 14.7 Å². The molecule has 2 aromatic heterocycles. The van der Waals surface area contributed by atoms with Crippen LogP contribution in [-0.4, -0.2) is 54.9 Å². The van der Waals surface area contributed by atoms with Crippen LogP contribution in [0.2, 0.25) is 0 Å². The van der Waals surface area contributed by atoms with Gasteiger partial charge in [-0.15, -0.1) is 6.42 Å². The first-order valence-corrected chi connectivity index (χ1v) is 17.5. The van der Waals surface area contributed by atoms with Crippen LogP contribution in [0, 0.1) is 19.3 Å². The Morgan fingerprint density at radius 1 is 1.04 bits per heavy atom. The van der Waals surface area contributed by atoms with E-state index in [0.29, 0.717) is 29.0 Å². The second-order valence-electron chi connectivity index (χ2n) is 12.7. The molecule has 0 amide bonds. The maximum absolute atomic E-state index is 13.5. The molecule has 4 rings (SSSR count).